The number of ether oxygens (including phenoxy) is 2. The maximum absolute atomic E-state index is 12.7. The van der Waals surface area contributed by atoms with Gasteiger partial charge in [-0.15, -0.1) is 0 Å². The highest BCUT2D eigenvalue weighted by atomic mass is 16.7. The number of nitrogens with one attached hydrogen (secondary N) is 1. The van der Waals surface area contributed by atoms with Crippen molar-refractivity contribution in [1.29, 1.82) is 0 Å². The number of carbonyl (C=O) groups is 1. The lowest BCUT2D eigenvalue weighted by Crippen LogP contribution is -2.43. The van der Waals surface area contributed by atoms with Crippen molar-refractivity contribution < 1.29 is 19.4 Å². The largest absolute Gasteiger partial charge is 0.392 e. The minimum absolute atomic E-state index is 0.00630. The predicted molar refractivity (Wildman–Crippen MR) is 183 cm³/mol. The second-order valence-corrected chi connectivity index (χ2v) is 12.2. The van der Waals surface area contributed by atoms with Gasteiger partial charge in [0.15, 0.2) is 6.29 Å². The molecule has 1 fully saturated rings. The Morgan fingerprint density at radius 1 is 0.830 bits per heavy atom. The number of carbonyl (C=O) groups excluding carboxylic acids is 1. The summed E-state index contributed by atoms with van der Waals surface area (Å²) < 4.78 is 13.4. The van der Waals surface area contributed by atoms with Gasteiger partial charge in [0.25, 0.3) is 5.91 Å². The van der Waals surface area contributed by atoms with Crippen molar-refractivity contribution in [2.24, 2.45) is 5.92 Å². The molecule has 0 spiro atoms. The summed E-state index contributed by atoms with van der Waals surface area (Å²) in [4.78, 5) is 19.0. The van der Waals surface area contributed by atoms with E-state index in [2.05, 4.69) is 83.8 Å². The van der Waals surface area contributed by atoms with Crippen LogP contribution in [0.25, 0.3) is 11.1 Å². The van der Waals surface area contributed by atoms with Gasteiger partial charge in [-0.25, -0.2) is 0 Å². The normalized spacial score (nSPS) is 19.4. The van der Waals surface area contributed by atoms with Gasteiger partial charge in [0.05, 0.1) is 24.4 Å². The zero-order valence-electron chi connectivity index (χ0n) is 26.8. The summed E-state index contributed by atoms with van der Waals surface area (Å²) in [5, 5.41) is 12.6. The maximum atomic E-state index is 12.7. The van der Waals surface area contributed by atoms with E-state index in [1.807, 2.05) is 48.5 Å². The van der Waals surface area contributed by atoms with Crippen molar-refractivity contribution in [1.82, 2.24) is 15.2 Å². The van der Waals surface area contributed by atoms with E-state index in [1.54, 1.807) is 24.5 Å². The fourth-order valence-corrected chi connectivity index (χ4v) is 6.15. The first-order valence-corrected chi connectivity index (χ1v) is 16.1. The molecule has 2 N–H and O–H groups in total. The monoisotopic (exact) mass is 627 g/mol. The number of aliphatic hydroxyl groups excluding tert-OH is 1. The Hall–Kier alpha value is -4.66. The molecule has 4 atom stereocenters. The van der Waals surface area contributed by atoms with Crippen LogP contribution in [0.4, 0.5) is 0 Å². The number of likely N-dealkylation sites (N-methyl/N-ethyl adjacent to an activating group) is 1. The Morgan fingerprint density at radius 2 is 1.55 bits per heavy atom. The van der Waals surface area contributed by atoms with Gasteiger partial charge < -0.3 is 19.9 Å². The Balaban J connectivity index is 1.21. The summed E-state index contributed by atoms with van der Waals surface area (Å²) in [6.45, 7) is 4.16. The molecule has 1 aliphatic heterocycles. The summed E-state index contributed by atoms with van der Waals surface area (Å²) in [7, 11) is 2.13. The van der Waals surface area contributed by atoms with Crippen LogP contribution in [0.5, 0.6) is 0 Å². The molecule has 0 bridgehead atoms. The number of nitrogens with zero attached hydrogens (tertiary/aromatic N) is 2. The highest BCUT2D eigenvalue weighted by Gasteiger charge is 2.38. The first-order chi connectivity index (χ1) is 23.0. The lowest BCUT2D eigenvalue weighted by molar-refractivity contribution is -0.276. The number of pyridine rings is 1. The molecule has 1 saturated heterocycles. The van der Waals surface area contributed by atoms with Crippen molar-refractivity contribution in [2.45, 2.75) is 45.1 Å². The molecular formula is C40H41N3O4. The number of rotatable bonds is 11. The fraction of sp³-hybridized carbons (Fsp3) is 0.250. The van der Waals surface area contributed by atoms with E-state index >= 15 is 0 Å². The summed E-state index contributed by atoms with van der Waals surface area (Å²) in [6.07, 6.45) is 2.41. The van der Waals surface area contributed by atoms with Crippen LogP contribution >= 0.6 is 0 Å². The second-order valence-electron chi connectivity index (χ2n) is 12.2. The standard InChI is InChI=1S/C40H41N3O4/c1-28-37(26-43(2)25-29-9-4-3-5-10-29)46-40(47-38(28)32-16-14-30(27-44)15-17-32)33-20-18-31(19-21-33)36-13-7-6-11-34(36)24-42-39(45)35-12-8-22-41-23-35/h3-23,28,37-38,40,44H,24-27H2,1-2H3,(H,42,45)/t28-,37+,38+,40+/m1/s1. The minimum Gasteiger partial charge on any atom is -0.392 e. The molecule has 47 heavy (non-hydrogen) atoms. The number of amides is 1. The minimum atomic E-state index is -0.549. The van der Waals surface area contributed by atoms with Gasteiger partial charge >= 0.3 is 0 Å². The van der Waals surface area contributed by atoms with E-state index in [4.69, 9.17) is 9.47 Å². The van der Waals surface area contributed by atoms with Crippen LogP contribution in [-0.4, -0.2) is 40.6 Å². The van der Waals surface area contributed by atoms with Crippen LogP contribution in [0, 0.1) is 5.92 Å². The van der Waals surface area contributed by atoms with Crippen LogP contribution in [0.15, 0.2) is 128 Å². The molecule has 2 heterocycles. The lowest BCUT2D eigenvalue weighted by Gasteiger charge is -2.42. The van der Waals surface area contributed by atoms with Gasteiger partial charge in [-0.05, 0) is 52.6 Å². The molecule has 0 unspecified atom stereocenters. The molecule has 1 amide bonds. The quantitative estimate of drug-likeness (QED) is 0.163. The zero-order chi connectivity index (χ0) is 32.6. The summed E-state index contributed by atoms with van der Waals surface area (Å²) in [5.74, 6) is -0.0638. The highest BCUT2D eigenvalue weighted by Crippen LogP contribution is 2.42. The lowest BCUT2D eigenvalue weighted by atomic mass is 9.90. The van der Waals surface area contributed by atoms with Crippen molar-refractivity contribution in [3.63, 3.8) is 0 Å². The van der Waals surface area contributed by atoms with Gasteiger partial charge in [-0.3, -0.25) is 14.7 Å². The molecule has 0 aliphatic carbocycles. The van der Waals surface area contributed by atoms with Crippen LogP contribution < -0.4 is 5.32 Å². The topological polar surface area (TPSA) is 83.9 Å². The van der Waals surface area contributed by atoms with Crippen molar-refractivity contribution in [3.05, 3.63) is 161 Å². The molecule has 0 radical (unpaired) electrons. The van der Waals surface area contributed by atoms with Crippen LogP contribution in [0.1, 0.15) is 57.5 Å². The SMILES string of the molecule is C[C@@H]1[C@H](CN(C)Cc2ccccc2)O[C@H](c2ccc(-c3ccccc3CNC(=O)c3cccnc3)cc2)O[C@@H]1c1ccc(CO)cc1. The van der Waals surface area contributed by atoms with Gasteiger partial charge in [-0.2, -0.15) is 0 Å². The first kappa shape index (κ1) is 32.3. The molecule has 1 aromatic heterocycles. The summed E-state index contributed by atoms with van der Waals surface area (Å²) in [5.41, 5.74) is 7.78. The van der Waals surface area contributed by atoms with Crippen molar-refractivity contribution in [3.8, 4) is 11.1 Å². The molecule has 7 nitrogen and oxygen atoms in total. The third kappa shape index (κ3) is 8.02. The third-order valence-electron chi connectivity index (χ3n) is 8.78. The molecular weight excluding hydrogens is 586 g/mol. The predicted octanol–water partition coefficient (Wildman–Crippen LogP) is 7.09. The van der Waals surface area contributed by atoms with Gasteiger partial charge in [0.2, 0.25) is 0 Å². The van der Waals surface area contributed by atoms with Crippen molar-refractivity contribution in [2.75, 3.05) is 13.6 Å². The number of hydrogen-bond acceptors (Lipinski definition) is 6. The molecule has 0 saturated carbocycles. The van der Waals surface area contributed by atoms with Crippen LogP contribution in [-0.2, 0) is 29.2 Å². The molecule has 240 valence electrons. The molecule has 6 rings (SSSR count). The Kier molecular flexibility index (Phi) is 10.5. The van der Waals surface area contributed by atoms with Crippen molar-refractivity contribution >= 4 is 5.91 Å². The zero-order valence-corrected chi connectivity index (χ0v) is 26.8. The van der Waals surface area contributed by atoms with E-state index in [-0.39, 0.29) is 30.6 Å². The van der Waals surface area contributed by atoms with Crippen LogP contribution in [0.2, 0.25) is 0 Å². The molecule has 4 aromatic carbocycles. The van der Waals surface area contributed by atoms with E-state index in [0.29, 0.717) is 12.1 Å². The third-order valence-corrected chi connectivity index (χ3v) is 8.78. The van der Waals surface area contributed by atoms with E-state index in [1.165, 1.54) is 5.56 Å². The first-order valence-electron chi connectivity index (χ1n) is 16.1. The van der Waals surface area contributed by atoms with Crippen LogP contribution in [0.3, 0.4) is 0 Å². The Morgan fingerprint density at radius 3 is 2.28 bits per heavy atom. The van der Waals surface area contributed by atoms with E-state index in [0.717, 1.165) is 46.5 Å². The second kappa shape index (κ2) is 15.3. The van der Waals surface area contributed by atoms with Gasteiger partial charge in [0.1, 0.15) is 0 Å². The van der Waals surface area contributed by atoms with E-state index in [9.17, 15) is 9.90 Å². The summed E-state index contributed by atoms with van der Waals surface area (Å²) >= 11 is 0. The summed E-state index contributed by atoms with van der Waals surface area (Å²) in [6, 6.07) is 38.4. The number of hydrogen-bond donors (Lipinski definition) is 2. The highest BCUT2D eigenvalue weighted by molar-refractivity contribution is 5.93. The Labute approximate surface area is 276 Å². The number of aliphatic hydroxyl groups is 1. The average Bonchev–Trinajstić information content (AvgIpc) is 3.12. The molecule has 1 aliphatic rings. The Bertz CT molecular complexity index is 1730. The van der Waals surface area contributed by atoms with Gasteiger partial charge in [-0.1, -0.05) is 110 Å². The number of benzene rings is 4. The smallest absolute Gasteiger partial charge is 0.253 e. The maximum Gasteiger partial charge on any atom is 0.253 e. The average molecular weight is 628 g/mol. The molecule has 7 heteroatoms. The fourth-order valence-electron chi connectivity index (χ4n) is 6.15. The molecule has 5 aromatic rings. The van der Waals surface area contributed by atoms with E-state index < -0.39 is 6.29 Å². The van der Waals surface area contributed by atoms with Gasteiger partial charge in [0, 0.05) is 43.5 Å². The number of aromatic nitrogens is 1.